The summed E-state index contributed by atoms with van der Waals surface area (Å²) in [5.74, 6) is -0.183. The van der Waals surface area contributed by atoms with Gasteiger partial charge >= 0.3 is 0 Å². The molecule has 3 aromatic rings. The lowest BCUT2D eigenvalue weighted by Gasteiger charge is -2.26. The van der Waals surface area contributed by atoms with Crippen molar-refractivity contribution in [1.82, 2.24) is 4.90 Å². The molecule has 4 rings (SSSR count). The van der Waals surface area contributed by atoms with Crippen molar-refractivity contribution >= 4 is 16.9 Å². The summed E-state index contributed by atoms with van der Waals surface area (Å²) in [5.41, 5.74) is 4.56. The predicted octanol–water partition coefficient (Wildman–Crippen LogP) is 4.63. The predicted molar refractivity (Wildman–Crippen MR) is 122 cm³/mol. The van der Waals surface area contributed by atoms with Gasteiger partial charge in [0.2, 0.25) is 5.76 Å². The van der Waals surface area contributed by atoms with Crippen molar-refractivity contribution < 1.29 is 14.3 Å². The van der Waals surface area contributed by atoms with Gasteiger partial charge in [0.05, 0.1) is 17.0 Å². The molecule has 1 aliphatic heterocycles. The normalized spacial score (nSPS) is 16.3. The average Bonchev–Trinajstić information content (AvgIpc) is 2.97. The van der Waals surface area contributed by atoms with Gasteiger partial charge in [-0.05, 0) is 54.0 Å². The summed E-state index contributed by atoms with van der Waals surface area (Å²) in [5, 5.41) is 9.89. The van der Waals surface area contributed by atoms with Gasteiger partial charge in [-0.3, -0.25) is 9.59 Å². The Bertz CT molecular complexity index is 1220. The van der Waals surface area contributed by atoms with Crippen molar-refractivity contribution in [2.45, 2.75) is 52.5 Å². The topological polar surface area (TPSA) is 70.8 Å². The number of fused-ring (bicyclic) bond motifs is 2. The van der Waals surface area contributed by atoms with Gasteiger partial charge in [0, 0.05) is 13.2 Å². The van der Waals surface area contributed by atoms with Crippen molar-refractivity contribution in [3.8, 4) is 0 Å². The second-order valence-corrected chi connectivity index (χ2v) is 9.48. The van der Waals surface area contributed by atoms with Gasteiger partial charge in [-0.2, -0.15) is 0 Å². The van der Waals surface area contributed by atoms with Crippen LogP contribution in [0.25, 0.3) is 11.0 Å². The first-order chi connectivity index (χ1) is 14.6. The standard InChI is InChI=1S/C26H29NO4/c1-15-13-16(2)20-19(14-15)31-24-21(23(20)29)22(27(25(24)30)11-6-12-28)17-7-9-18(10-8-17)26(3,4)5/h7-10,13-14,22,28H,6,11-12H2,1-5H3. The molecule has 1 N–H and O–H groups in total. The molecule has 5 nitrogen and oxygen atoms in total. The molecule has 1 atom stereocenters. The number of hydrogen-bond donors (Lipinski definition) is 1. The second-order valence-electron chi connectivity index (χ2n) is 9.48. The zero-order valence-electron chi connectivity index (χ0n) is 18.8. The minimum Gasteiger partial charge on any atom is -0.450 e. The van der Waals surface area contributed by atoms with E-state index in [4.69, 9.17) is 4.42 Å². The van der Waals surface area contributed by atoms with Crippen LogP contribution in [0.1, 0.15) is 71.6 Å². The van der Waals surface area contributed by atoms with Crippen LogP contribution < -0.4 is 5.43 Å². The van der Waals surface area contributed by atoms with Crippen LogP contribution >= 0.6 is 0 Å². The van der Waals surface area contributed by atoms with E-state index in [9.17, 15) is 14.7 Å². The SMILES string of the molecule is Cc1cc(C)c2c(=O)c3c(oc2c1)C(=O)N(CCCO)C3c1ccc(C(C)(C)C)cc1. The van der Waals surface area contributed by atoms with Gasteiger partial charge in [-0.15, -0.1) is 0 Å². The number of benzene rings is 2. The summed E-state index contributed by atoms with van der Waals surface area (Å²) in [6.07, 6.45) is 0.433. The average molecular weight is 420 g/mol. The molecule has 1 aliphatic rings. The molecular formula is C26H29NO4. The van der Waals surface area contributed by atoms with E-state index >= 15 is 0 Å². The highest BCUT2D eigenvalue weighted by Gasteiger charge is 2.42. The molecule has 0 saturated heterocycles. The van der Waals surface area contributed by atoms with E-state index in [-0.39, 0.29) is 29.1 Å². The van der Waals surface area contributed by atoms with Gasteiger partial charge < -0.3 is 14.4 Å². The van der Waals surface area contributed by atoms with E-state index in [0.717, 1.165) is 16.7 Å². The first kappa shape index (κ1) is 21.3. The number of amides is 1. The zero-order chi connectivity index (χ0) is 22.5. The fourth-order valence-corrected chi connectivity index (χ4v) is 4.50. The highest BCUT2D eigenvalue weighted by molar-refractivity contribution is 5.99. The number of carbonyl (C=O) groups is 1. The fraction of sp³-hybridized carbons (Fsp3) is 0.385. The van der Waals surface area contributed by atoms with Gasteiger partial charge in [-0.25, -0.2) is 0 Å². The van der Waals surface area contributed by atoms with E-state index in [1.165, 1.54) is 5.56 Å². The van der Waals surface area contributed by atoms with Crippen LogP contribution in [0.2, 0.25) is 0 Å². The summed E-state index contributed by atoms with van der Waals surface area (Å²) in [7, 11) is 0. The monoisotopic (exact) mass is 419 g/mol. The summed E-state index contributed by atoms with van der Waals surface area (Å²) >= 11 is 0. The number of rotatable bonds is 4. The molecule has 0 radical (unpaired) electrons. The van der Waals surface area contributed by atoms with Crippen molar-refractivity contribution in [2.75, 3.05) is 13.2 Å². The summed E-state index contributed by atoms with van der Waals surface area (Å²) in [6.45, 7) is 10.6. The lowest BCUT2D eigenvalue weighted by atomic mass is 9.85. The number of aliphatic hydroxyl groups is 1. The molecule has 1 unspecified atom stereocenters. The largest absolute Gasteiger partial charge is 0.450 e. The zero-order valence-corrected chi connectivity index (χ0v) is 18.8. The Kier molecular flexibility index (Phi) is 5.26. The minimum absolute atomic E-state index is 0.00269. The molecule has 2 heterocycles. The molecule has 0 fully saturated rings. The van der Waals surface area contributed by atoms with E-state index in [2.05, 4.69) is 32.9 Å². The Balaban J connectivity index is 1.94. The molecular weight excluding hydrogens is 390 g/mol. The first-order valence-corrected chi connectivity index (χ1v) is 10.7. The molecule has 1 aromatic heterocycles. The van der Waals surface area contributed by atoms with Gasteiger partial charge in [0.25, 0.3) is 5.91 Å². The molecule has 0 saturated carbocycles. The van der Waals surface area contributed by atoms with Crippen molar-refractivity contribution in [3.05, 3.63) is 80.2 Å². The number of aryl methyl sites for hydroxylation is 2. The number of aliphatic hydroxyl groups excluding tert-OH is 1. The first-order valence-electron chi connectivity index (χ1n) is 10.7. The highest BCUT2D eigenvalue weighted by atomic mass is 16.3. The van der Waals surface area contributed by atoms with E-state index in [1.54, 1.807) is 11.0 Å². The minimum atomic E-state index is -0.524. The van der Waals surface area contributed by atoms with Crippen LogP contribution in [-0.4, -0.2) is 29.1 Å². The highest BCUT2D eigenvalue weighted by Crippen LogP contribution is 2.39. The molecule has 0 aliphatic carbocycles. The third-order valence-electron chi connectivity index (χ3n) is 6.06. The van der Waals surface area contributed by atoms with E-state index < -0.39 is 6.04 Å². The van der Waals surface area contributed by atoms with Crippen molar-refractivity contribution in [2.24, 2.45) is 0 Å². The molecule has 31 heavy (non-hydrogen) atoms. The lowest BCUT2D eigenvalue weighted by Crippen LogP contribution is -2.31. The number of hydrogen-bond acceptors (Lipinski definition) is 4. The number of nitrogens with zero attached hydrogens (tertiary/aromatic N) is 1. The molecule has 0 spiro atoms. The van der Waals surface area contributed by atoms with Crippen molar-refractivity contribution in [3.63, 3.8) is 0 Å². The lowest BCUT2D eigenvalue weighted by molar-refractivity contribution is 0.0716. The maximum absolute atomic E-state index is 13.6. The molecule has 162 valence electrons. The van der Waals surface area contributed by atoms with Crippen LogP contribution in [-0.2, 0) is 5.41 Å². The van der Waals surface area contributed by atoms with Gasteiger partial charge in [0.15, 0.2) is 5.43 Å². The molecule has 5 heteroatoms. The van der Waals surface area contributed by atoms with Gasteiger partial charge in [0.1, 0.15) is 5.58 Å². The maximum Gasteiger partial charge on any atom is 0.290 e. The Morgan fingerprint density at radius 1 is 1.06 bits per heavy atom. The molecule has 1 amide bonds. The Hall–Kier alpha value is -2.92. The maximum atomic E-state index is 13.6. The third-order valence-corrected chi connectivity index (χ3v) is 6.06. The summed E-state index contributed by atoms with van der Waals surface area (Å²) in [6, 6.07) is 11.3. The number of carbonyl (C=O) groups excluding carboxylic acids is 1. The van der Waals surface area contributed by atoms with Crippen LogP contribution in [0.3, 0.4) is 0 Å². The second kappa shape index (κ2) is 7.65. The quantitative estimate of drug-likeness (QED) is 0.669. The Labute approximate surface area is 182 Å². The van der Waals surface area contributed by atoms with Gasteiger partial charge in [-0.1, -0.05) is 51.1 Å². The Morgan fingerprint density at radius 2 is 1.74 bits per heavy atom. The molecule has 2 aromatic carbocycles. The third kappa shape index (κ3) is 3.57. The molecule has 0 bridgehead atoms. The van der Waals surface area contributed by atoms with E-state index in [1.807, 2.05) is 32.0 Å². The summed E-state index contributed by atoms with van der Waals surface area (Å²) in [4.78, 5) is 28.6. The fourth-order valence-electron chi connectivity index (χ4n) is 4.50. The van der Waals surface area contributed by atoms with Crippen molar-refractivity contribution in [1.29, 1.82) is 0 Å². The Morgan fingerprint density at radius 3 is 2.35 bits per heavy atom. The van der Waals surface area contributed by atoms with Crippen LogP contribution in [0, 0.1) is 13.8 Å². The van der Waals surface area contributed by atoms with Crippen LogP contribution in [0.4, 0.5) is 0 Å². The smallest absolute Gasteiger partial charge is 0.290 e. The summed E-state index contributed by atoms with van der Waals surface area (Å²) < 4.78 is 6.05. The van der Waals surface area contributed by atoms with E-state index in [0.29, 0.717) is 29.5 Å². The van der Waals surface area contributed by atoms with Crippen LogP contribution in [0.5, 0.6) is 0 Å². The van der Waals surface area contributed by atoms with Crippen LogP contribution in [0.15, 0.2) is 45.6 Å².